The minimum absolute atomic E-state index is 0.126. The Morgan fingerprint density at radius 1 is 1.39 bits per heavy atom. The molecule has 0 unspecified atom stereocenters. The summed E-state index contributed by atoms with van der Waals surface area (Å²) in [5.41, 5.74) is 6.17. The Kier molecular flexibility index (Phi) is 4.07. The molecule has 3 rings (SSSR count). The van der Waals surface area contributed by atoms with E-state index in [2.05, 4.69) is 15.0 Å². The number of alkyl halides is 1. The van der Waals surface area contributed by atoms with Gasteiger partial charge >= 0.3 is 7.60 Å². The zero-order valence-electron chi connectivity index (χ0n) is 11.7. The van der Waals surface area contributed by atoms with Gasteiger partial charge in [0.2, 0.25) is 0 Å². The van der Waals surface area contributed by atoms with Gasteiger partial charge in [0.25, 0.3) is 0 Å². The molecular formula is C11H15FN5O5P. The molecule has 10 nitrogen and oxygen atoms in total. The van der Waals surface area contributed by atoms with Gasteiger partial charge in [-0.3, -0.25) is 9.13 Å². The number of aliphatic hydroxyl groups excluding tert-OH is 1. The number of ether oxygens (including phenoxy) is 1. The van der Waals surface area contributed by atoms with Crippen LogP contribution in [-0.2, 0) is 9.30 Å². The fraction of sp³-hybridized carbons (Fsp3) is 0.545. The summed E-state index contributed by atoms with van der Waals surface area (Å²) in [7, 11) is -4.26. The molecule has 0 bridgehead atoms. The number of fused-ring (bicyclic) bond motifs is 1. The number of aliphatic hydroxyl groups is 1. The number of nitrogens with zero attached hydrogens (tertiary/aromatic N) is 4. The van der Waals surface area contributed by atoms with Gasteiger partial charge < -0.3 is 25.4 Å². The highest BCUT2D eigenvalue weighted by Crippen LogP contribution is 2.40. The molecule has 0 saturated carbocycles. The minimum Gasteiger partial charge on any atom is -0.387 e. The van der Waals surface area contributed by atoms with Gasteiger partial charge in [0.15, 0.2) is 23.9 Å². The van der Waals surface area contributed by atoms with Crippen LogP contribution in [0.3, 0.4) is 0 Å². The number of rotatable bonds is 4. The Balaban J connectivity index is 1.85. The van der Waals surface area contributed by atoms with E-state index in [1.54, 1.807) is 0 Å². The van der Waals surface area contributed by atoms with E-state index in [4.69, 9.17) is 20.3 Å². The molecule has 0 radical (unpaired) electrons. The van der Waals surface area contributed by atoms with Crippen LogP contribution in [0.25, 0.3) is 11.2 Å². The normalized spacial score (nSPS) is 28.5. The summed E-state index contributed by atoms with van der Waals surface area (Å²) in [6, 6.07) is 0. The first-order valence-electron chi connectivity index (χ1n) is 6.73. The third kappa shape index (κ3) is 3.06. The summed E-state index contributed by atoms with van der Waals surface area (Å²) < 4.78 is 32.0. The number of nitrogen functional groups attached to an aromatic ring is 1. The molecule has 23 heavy (non-hydrogen) atoms. The lowest BCUT2D eigenvalue weighted by atomic mass is 10.1. The number of hydrogen-bond acceptors (Lipinski definition) is 7. The van der Waals surface area contributed by atoms with E-state index in [0.717, 1.165) is 0 Å². The summed E-state index contributed by atoms with van der Waals surface area (Å²) in [4.78, 5) is 29.5. The third-order valence-electron chi connectivity index (χ3n) is 3.66. The number of nitrogens with two attached hydrogens (primary N) is 1. The number of halogens is 1. The third-order valence-corrected chi connectivity index (χ3v) is 4.50. The van der Waals surface area contributed by atoms with Crippen molar-refractivity contribution in [3.8, 4) is 0 Å². The van der Waals surface area contributed by atoms with Crippen LogP contribution in [0.15, 0.2) is 12.7 Å². The summed E-state index contributed by atoms with van der Waals surface area (Å²) in [5.74, 6) is 0.126. The molecule has 0 aromatic carbocycles. The van der Waals surface area contributed by atoms with Crippen LogP contribution in [0.1, 0.15) is 12.6 Å². The SMILES string of the molecule is Nc1ncnc2c1ncn2[C@@H]1O[C@H](CCP(=O)(O)O)[C@@H](O)[C@H]1F. The highest BCUT2D eigenvalue weighted by molar-refractivity contribution is 7.51. The fourth-order valence-corrected chi connectivity index (χ4v) is 3.11. The maximum Gasteiger partial charge on any atom is 0.325 e. The molecule has 1 aliphatic rings. The van der Waals surface area contributed by atoms with Gasteiger partial charge in [0, 0.05) is 0 Å². The molecule has 126 valence electrons. The molecule has 0 amide bonds. The highest BCUT2D eigenvalue weighted by atomic mass is 31.2. The van der Waals surface area contributed by atoms with Crippen molar-refractivity contribution in [1.29, 1.82) is 0 Å². The number of anilines is 1. The van der Waals surface area contributed by atoms with E-state index in [1.807, 2.05) is 0 Å². The molecule has 4 atom stereocenters. The molecule has 3 heterocycles. The van der Waals surface area contributed by atoms with Crippen molar-refractivity contribution in [2.45, 2.75) is 31.0 Å². The number of hydrogen-bond donors (Lipinski definition) is 4. The van der Waals surface area contributed by atoms with Gasteiger partial charge in [-0.15, -0.1) is 0 Å². The molecule has 0 aliphatic carbocycles. The topological polar surface area (TPSA) is 157 Å². The van der Waals surface area contributed by atoms with Crippen LogP contribution >= 0.6 is 7.60 Å². The van der Waals surface area contributed by atoms with E-state index in [9.17, 15) is 14.1 Å². The van der Waals surface area contributed by atoms with Gasteiger partial charge in [-0.05, 0) is 6.42 Å². The first-order valence-corrected chi connectivity index (χ1v) is 8.53. The van der Waals surface area contributed by atoms with Gasteiger partial charge in [0.1, 0.15) is 17.9 Å². The van der Waals surface area contributed by atoms with Crippen molar-refractivity contribution in [1.82, 2.24) is 19.5 Å². The van der Waals surface area contributed by atoms with Crippen molar-refractivity contribution in [2.75, 3.05) is 11.9 Å². The van der Waals surface area contributed by atoms with Crippen molar-refractivity contribution in [3.63, 3.8) is 0 Å². The monoisotopic (exact) mass is 347 g/mol. The van der Waals surface area contributed by atoms with Crippen molar-refractivity contribution >= 4 is 24.6 Å². The lowest BCUT2D eigenvalue weighted by molar-refractivity contribution is -0.0238. The van der Waals surface area contributed by atoms with Gasteiger partial charge in [-0.1, -0.05) is 0 Å². The Hall–Kier alpha value is -1.65. The molecule has 12 heteroatoms. The maximum atomic E-state index is 14.4. The number of aromatic nitrogens is 4. The molecule has 0 spiro atoms. The zero-order chi connectivity index (χ0) is 16.8. The Morgan fingerprint density at radius 3 is 2.83 bits per heavy atom. The second kappa shape index (κ2) is 5.77. The summed E-state index contributed by atoms with van der Waals surface area (Å²) in [5, 5.41) is 9.91. The summed E-state index contributed by atoms with van der Waals surface area (Å²) in [6.07, 6.45) is -3.79. The predicted molar refractivity (Wildman–Crippen MR) is 76.1 cm³/mol. The van der Waals surface area contributed by atoms with Crippen LogP contribution in [0, 0.1) is 0 Å². The van der Waals surface area contributed by atoms with Gasteiger partial charge in [-0.2, -0.15) is 0 Å². The largest absolute Gasteiger partial charge is 0.387 e. The average Bonchev–Trinajstić information content (AvgIpc) is 3.01. The fourth-order valence-electron chi connectivity index (χ4n) is 2.52. The van der Waals surface area contributed by atoms with E-state index in [1.165, 1.54) is 17.2 Å². The molecule has 1 aliphatic heterocycles. The quantitative estimate of drug-likeness (QED) is 0.539. The molecule has 2 aromatic rings. The molecule has 2 aromatic heterocycles. The number of imidazole rings is 1. The van der Waals surface area contributed by atoms with Crippen molar-refractivity contribution < 1.29 is 28.6 Å². The Morgan fingerprint density at radius 2 is 2.13 bits per heavy atom. The summed E-state index contributed by atoms with van der Waals surface area (Å²) in [6.45, 7) is 0. The second-order valence-electron chi connectivity index (χ2n) is 5.26. The van der Waals surface area contributed by atoms with E-state index < -0.39 is 38.4 Å². The smallest absolute Gasteiger partial charge is 0.325 e. The van der Waals surface area contributed by atoms with E-state index >= 15 is 0 Å². The average molecular weight is 347 g/mol. The standard InChI is InChI=1S/C11H15FN5O5P/c12-6-8(18)5(1-2-23(19,20)21)22-11(6)17-4-16-7-9(13)14-3-15-10(7)17/h3-6,8,11,18H,1-2H2,(H2,13,14,15)(H2,19,20,21)/t5-,6-,8-,11-/m1/s1. The molecule has 1 fully saturated rings. The predicted octanol–water partition coefficient (Wildman–Crippen LogP) is -0.427. The van der Waals surface area contributed by atoms with Crippen LogP contribution in [0.2, 0.25) is 0 Å². The Labute approximate surface area is 129 Å². The van der Waals surface area contributed by atoms with Crippen LogP contribution < -0.4 is 5.73 Å². The molecular weight excluding hydrogens is 332 g/mol. The van der Waals surface area contributed by atoms with Crippen molar-refractivity contribution in [2.24, 2.45) is 0 Å². The maximum absolute atomic E-state index is 14.4. The van der Waals surface area contributed by atoms with E-state index in [-0.39, 0.29) is 23.4 Å². The zero-order valence-corrected chi connectivity index (χ0v) is 12.6. The van der Waals surface area contributed by atoms with Crippen LogP contribution in [0.4, 0.5) is 10.2 Å². The van der Waals surface area contributed by atoms with Gasteiger partial charge in [0.05, 0.1) is 18.6 Å². The van der Waals surface area contributed by atoms with Crippen LogP contribution in [0.5, 0.6) is 0 Å². The first-order chi connectivity index (χ1) is 10.8. The van der Waals surface area contributed by atoms with Crippen LogP contribution in [-0.4, -0.2) is 59.0 Å². The second-order valence-corrected chi connectivity index (χ2v) is 7.04. The minimum atomic E-state index is -4.26. The Bertz CT molecular complexity index is 766. The molecule has 1 saturated heterocycles. The summed E-state index contributed by atoms with van der Waals surface area (Å²) >= 11 is 0. The van der Waals surface area contributed by atoms with E-state index in [0.29, 0.717) is 0 Å². The first kappa shape index (κ1) is 16.2. The lowest BCUT2D eigenvalue weighted by Crippen LogP contribution is -2.29. The lowest BCUT2D eigenvalue weighted by Gasteiger charge is -2.15. The van der Waals surface area contributed by atoms with Gasteiger partial charge in [-0.25, -0.2) is 19.3 Å². The molecule has 5 N–H and O–H groups in total. The van der Waals surface area contributed by atoms with Crippen molar-refractivity contribution in [3.05, 3.63) is 12.7 Å². The highest BCUT2D eigenvalue weighted by Gasteiger charge is 2.46.